The van der Waals surface area contributed by atoms with Gasteiger partial charge in [0, 0.05) is 28.2 Å². The van der Waals surface area contributed by atoms with Gasteiger partial charge in [-0.25, -0.2) is 0 Å². The van der Waals surface area contributed by atoms with Gasteiger partial charge in [-0.3, -0.25) is 9.78 Å². The summed E-state index contributed by atoms with van der Waals surface area (Å²) in [6, 6.07) is 1.74. The third-order valence-corrected chi connectivity index (χ3v) is 2.27. The number of aromatic nitrogens is 1. The minimum Gasteiger partial charge on any atom is -0.351 e. The molecule has 0 saturated carbocycles. The van der Waals surface area contributed by atoms with Gasteiger partial charge in [-0.15, -0.1) is 0 Å². The zero-order chi connectivity index (χ0) is 10.6. The van der Waals surface area contributed by atoms with Crippen molar-refractivity contribution in [3.8, 4) is 0 Å². The number of carbonyl (C=O) groups excluding carboxylic acids is 1. The number of nitrogens with zero attached hydrogens (tertiary/aromatic N) is 1. The van der Waals surface area contributed by atoms with Crippen LogP contribution >= 0.6 is 31.9 Å². The summed E-state index contributed by atoms with van der Waals surface area (Å²) in [5, 5.41) is 2.78. The van der Waals surface area contributed by atoms with E-state index >= 15 is 0 Å². The summed E-state index contributed by atoms with van der Waals surface area (Å²) in [7, 11) is 0. The van der Waals surface area contributed by atoms with Gasteiger partial charge in [-0.05, 0) is 22.0 Å². The van der Waals surface area contributed by atoms with Crippen LogP contribution in [0.3, 0.4) is 0 Å². The maximum absolute atomic E-state index is 11.5. The zero-order valence-electron chi connectivity index (χ0n) is 7.63. The number of halogens is 2. The van der Waals surface area contributed by atoms with Crippen LogP contribution in [0.25, 0.3) is 0 Å². The van der Waals surface area contributed by atoms with Gasteiger partial charge < -0.3 is 5.32 Å². The van der Waals surface area contributed by atoms with Crippen LogP contribution in [0.1, 0.15) is 17.3 Å². The van der Waals surface area contributed by atoms with Crippen molar-refractivity contribution in [3.63, 3.8) is 0 Å². The molecule has 0 aliphatic rings. The summed E-state index contributed by atoms with van der Waals surface area (Å²) in [4.78, 5) is 15.7. The molecular weight excluding hydrogens is 312 g/mol. The molecule has 1 atom stereocenters. The smallest absolute Gasteiger partial charge is 0.252 e. The van der Waals surface area contributed by atoms with Crippen molar-refractivity contribution in [2.45, 2.75) is 11.8 Å². The van der Waals surface area contributed by atoms with E-state index in [2.05, 4.69) is 42.2 Å². The van der Waals surface area contributed by atoms with Crippen molar-refractivity contribution in [3.05, 3.63) is 28.5 Å². The molecule has 0 spiro atoms. The summed E-state index contributed by atoms with van der Waals surface area (Å²) in [6.45, 7) is 2.57. The van der Waals surface area contributed by atoms with Gasteiger partial charge in [0.15, 0.2) is 0 Å². The predicted molar refractivity (Wildman–Crippen MR) is 62.7 cm³/mol. The van der Waals surface area contributed by atoms with Gasteiger partial charge in [0.25, 0.3) is 5.91 Å². The second-order valence-electron chi connectivity index (χ2n) is 2.88. The molecule has 1 rings (SSSR count). The zero-order valence-corrected chi connectivity index (χ0v) is 10.8. The van der Waals surface area contributed by atoms with Gasteiger partial charge in [-0.1, -0.05) is 22.9 Å². The first-order valence-corrected chi connectivity index (χ1v) is 5.83. The minimum absolute atomic E-state index is 0.106. The lowest BCUT2D eigenvalue weighted by atomic mass is 10.2. The molecule has 1 heterocycles. The highest BCUT2D eigenvalue weighted by Crippen LogP contribution is 2.09. The third kappa shape index (κ3) is 3.75. The molecule has 1 unspecified atom stereocenters. The molecular formula is C9H10Br2N2O. The van der Waals surface area contributed by atoms with E-state index in [0.717, 1.165) is 4.47 Å². The quantitative estimate of drug-likeness (QED) is 0.868. The number of amides is 1. The van der Waals surface area contributed by atoms with Crippen LogP contribution in [0.4, 0.5) is 0 Å². The van der Waals surface area contributed by atoms with Gasteiger partial charge >= 0.3 is 0 Å². The normalized spacial score (nSPS) is 12.2. The lowest BCUT2D eigenvalue weighted by Crippen LogP contribution is -2.28. The topological polar surface area (TPSA) is 42.0 Å². The molecule has 1 aromatic heterocycles. The fraction of sp³-hybridized carbons (Fsp3) is 0.333. The summed E-state index contributed by atoms with van der Waals surface area (Å²) in [5.74, 6) is -0.106. The Balaban J connectivity index is 2.61. The highest BCUT2D eigenvalue weighted by atomic mass is 79.9. The van der Waals surface area contributed by atoms with Crippen molar-refractivity contribution in [2.75, 3.05) is 6.54 Å². The molecule has 14 heavy (non-hydrogen) atoms. The molecule has 0 aliphatic heterocycles. The minimum atomic E-state index is -0.106. The van der Waals surface area contributed by atoms with E-state index in [9.17, 15) is 4.79 Å². The Kier molecular flexibility index (Phi) is 4.54. The Morgan fingerprint density at radius 2 is 2.36 bits per heavy atom. The van der Waals surface area contributed by atoms with Crippen molar-refractivity contribution >= 4 is 37.8 Å². The summed E-state index contributed by atoms with van der Waals surface area (Å²) < 4.78 is 0.803. The predicted octanol–water partition coefficient (Wildman–Crippen LogP) is 2.36. The summed E-state index contributed by atoms with van der Waals surface area (Å²) in [5.41, 5.74) is 0.563. The Morgan fingerprint density at radius 3 is 2.93 bits per heavy atom. The lowest BCUT2D eigenvalue weighted by molar-refractivity contribution is 0.0954. The maximum Gasteiger partial charge on any atom is 0.252 e. The molecule has 76 valence electrons. The monoisotopic (exact) mass is 320 g/mol. The fourth-order valence-electron chi connectivity index (χ4n) is 0.871. The van der Waals surface area contributed by atoms with Crippen molar-refractivity contribution in [2.24, 2.45) is 0 Å². The standard InChI is InChI=1S/C9H10Br2N2O/c1-6(10)3-13-9(14)7-2-8(11)5-12-4-7/h2,4-6H,3H2,1H3,(H,13,14). The molecule has 5 heteroatoms. The Bertz CT molecular complexity index is 328. The van der Waals surface area contributed by atoms with Crippen LogP contribution in [-0.2, 0) is 0 Å². The molecule has 1 N–H and O–H groups in total. The summed E-state index contributed by atoms with van der Waals surface area (Å²) >= 11 is 6.61. The molecule has 0 saturated heterocycles. The number of alkyl halides is 1. The first-order valence-electron chi connectivity index (χ1n) is 4.12. The van der Waals surface area contributed by atoms with Crippen LogP contribution < -0.4 is 5.32 Å². The molecule has 0 aliphatic carbocycles. The second-order valence-corrected chi connectivity index (χ2v) is 5.36. The van der Waals surface area contributed by atoms with E-state index in [1.54, 1.807) is 18.5 Å². The van der Waals surface area contributed by atoms with Crippen LogP contribution in [0.5, 0.6) is 0 Å². The molecule has 3 nitrogen and oxygen atoms in total. The highest BCUT2D eigenvalue weighted by molar-refractivity contribution is 9.10. The molecule has 0 aromatic carbocycles. The average Bonchev–Trinajstić information content (AvgIpc) is 2.14. The van der Waals surface area contributed by atoms with E-state index in [-0.39, 0.29) is 10.7 Å². The van der Waals surface area contributed by atoms with E-state index in [1.807, 2.05) is 6.92 Å². The van der Waals surface area contributed by atoms with Gasteiger partial charge in [0.2, 0.25) is 0 Å². The Labute approximate surface area is 99.6 Å². The van der Waals surface area contributed by atoms with Crippen molar-refractivity contribution in [1.82, 2.24) is 10.3 Å². The van der Waals surface area contributed by atoms with Gasteiger partial charge in [-0.2, -0.15) is 0 Å². The number of rotatable bonds is 3. The maximum atomic E-state index is 11.5. The number of hydrogen-bond acceptors (Lipinski definition) is 2. The Hall–Kier alpha value is -0.420. The SMILES string of the molecule is CC(Br)CNC(=O)c1cncc(Br)c1. The number of hydrogen-bond donors (Lipinski definition) is 1. The van der Waals surface area contributed by atoms with Crippen LogP contribution in [-0.4, -0.2) is 22.3 Å². The molecule has 1 amide bonds. The second kappa shape index (κ2) is 5.46. The molecule has 1 aromatic rings. The van der Waals surface area contributed by atoms with Crippen molar-refractivity contribution < 1.29 is 4.79 Å². The third-order valence-electron chi connectivity index (χ3n) is 1.51. The number of carbonyl (C=O) groups is 1. The van der Waals surface area contributed by atoms with E-state index in [4.69, 9.17) is 0 Å². The van der Waals surface area contributed by atoms with Crippen molar-refractivity contribution in [1.29, 1.82) is 0 Å². The highest BCUT2D eigenvalue weighted by Gasteiger charge is 2.06. The van der Waals surface area contributed by atoms with Gasteiger partial charge in [0.05, 0.1) is 5.56 Å². The first-order chi connectivity index (χ1) is 6.59. The van der Waals surface area contributed by atoms with Crippen LogP contribution in [0.15, 0.2) is 22.9 Å². The average molecular weight is 322 g/mol. The fourth-order valence-corrected chi connectivity index (χ4v) is 1.40. The van der Waals surface area contributed by atoms with Gasteiger partial charge in [0.1, 0.15) is 0 Å². The number of nitrogens with one attached hydrogen (secondary N) is 1. The molecule has 0 bridgehead atoms. The summed E-state index contributed by atoms with van der Waals surface area (Å²) in [6.07, 6.45) is 3.18. The molecule has 0 radical (unpaired) electrons. The molecule has 0 fully saturated rings. The first kappa shape index (κ1) is 11.7. The number of pyridine rings is 1. The van der Waals surface area contributed by atoms with E-state index in [1.165, 1.54) is 0 Å². The van der Waals surface area contributed by atoms with Crippen LogP contribution in [0.2, 0.25) is 0 Å². The van der Waals surface area contributed by atoms with E-state index in [0.29, 0.717) is 12.1 Å². The van der Waals surface area contributed by atoms with E-state index < -0.39 is 0 Å². The largest absolute Gasteiger partial charge is 0.351 e. The lowest BCUT2D eigenvalue weighted by Gasteiger charge is -2.06. The van der Waals surface area contributed by atoms with Crippen LogP contribution in [0, 0.1) is 0 Å². The Morgan fingerprint density at radius 1 is 1.64 bits per heavy atom.